The molecular formula is C16H22N2Na2O4S2. The minimum atomic E-state index is -4.23. The van der Waals surface area contributed by atoms with Gasteiger partial charge in [0.15, 0.2) is 0 Å². The Labute approximate surface area is 202 Å². The van der Waals surface area contributed by atoms with E-state index in [0.29, 0.717) is 3.71 Å². The second-order valence-electron chi connectivity index (χ2n) is 5.42. The first kappa shape index (κ1) is 26.3. The van der Waals surface area contributed by atoms with E-state index in [1.54, 1.807) is 24.3 Å². The molecule has 0 bridgehead atoms. The van der Waals surface area contributed by atoms with Crippen molar-refractivity contribution in [2.75, 3.05) is 13.1 Å². The normalized spacial score (nSPS) is 11.5. The molecule has 2 N–H and O–H groups in total. The van der Waals surface area contributed by atoms with Gasteiger partial charge in [0.05, 0.1) is 9.79 Å². The zero-order valence-corrected chi connectivity index (χ0v) is 21.1. The largest absolute Gasteiger partial charge is 1.00 e. The van der Waals surface area contributed by atoms with Gasteiger partial charge in [0.2, 0.25) is 0 Å². The molecule has 6 nitrogen and oxygen atoms in total. The minimum absolute atomic E-state index is 0. The Hall–Kier alpha value is 0.260. The van der Waals surface area contributed by atoms with E-state index in [-0.39, 0.29) is 84.8 Å². The Morgan fingerprint density at radius 3 is 1.35 bits per heavy atom. The smallest absolute Gasteiger partial charge is 1.00 e. The molecule has 0 unspecified atom stereocenters. The van der Waals surface area contributed by atoms with Gasteiger partial charge in [-0.25, -0.2) is 16.8 Å². The molecule has 0 spiro atoms. The standard InChI is InChI=1S/C16H20N2O4S2.2Na.2H/c1-13-3-7-15(8-4-13)23(19,20)18(12-11-17)24(21,22)16-9-5-14(2)6-10-16;;;;/h3-10H,11-12,17H2,1-2H3;;;;/q;2*+1;2*-1. The predicted octanol–water partition coefficient (Wildman–Crippen LogP) is -4.13. The second kappa shape index (κ2) is 10.7. The van der Waals surface area contributed by atoms with Crippen LogP contribution in [0.3, 0.4) is 0 Å². The van der Waals surface area contributed by atoms with Gasteiger partial charge in [-0.2, -0.15) is 0 Å². The SMILES string of the molecule is Cc1ccc(S(=O)(=O)N(CCN)S(=O)(=O)c2ccc(C)cc2)cc1.[H-].[H-].[Na+].[Na+]. The molecule has 0 aliphatic heterocycles. The van der Waals surface area contributed by atoms with E-state index in [0.717, 1.165) is 11.1 Å². The zero-order valence-electron chi connectivity index (χ0n) is 17.5. The van der Waals surface area contributed by atoms with Crippen LogP contribution in [0.1, 0.15) is 14.0 Å². The molecule has 0 heterocycles. The van der Waals surface area contributed by atoms with Crippen LogP contribution in [0, 0.1) is 13.8 Å². The summed E-state index contributed by atoms with van der Waals surface area (Å²) in [7, 11) is -8.46. The van der Waals surface area contributed by atoms with Gasteiger partial charge in [0.25, 0.3) is 20.0 Å². The molecule has 0 radical (unpaired) electrons. The van der Waals surface area contributed by atoms with Crippen LogP contribution in [0.15, 0.2) is 58.3 Å². The van der Waals surface area contributed by atoms with Crippen LogP contribution in [0.4, 0.5) is 0 Å². The van der Waals surface area contributed by atoms with Gasteiger partial charge in [-0.3, -0.25) is 0 Å². The monoisotopic (exact) mass is 416 g/mol. The van der Waals surface area contributed by atoms with E-state index in [1.807, 2.05) is 13.8 Å². The Kier molecular flexibility index (Phi) is 10.8. The van der Waals surface area contributed by atoms with Crippen molar-refractivity contribution in [1.82, 2.24) is 3.71 Å². The number of sulfonamides is 2. The molecule has 26 heavy (non-hydrogen) atoms. The van der Waals surface area contributed by atoms with Gasteiger partial charge in [0.1, 0.15) is 0 Å². The molecule has 0 aromatic heterocycles. The van der Waals surface area contributed by atoms with E-state index in [1.165, 1.54) is 24.3 Å². The molecule has 134 valence electrons. The molecule has 2 aromatic rings. The molecule has 0 aliphatic rings. The zero-order chi connectivity index (χ0) is 18.0. The number of hydrogen-bond acceptors (Lipinski definition) is 5. The van der Waals surface area contributed by atoms with E-state index in [4.69, 9.17) is 5.73 Å². The summed E-state index contributed by atoms with van der Waals surface area (Å²) < 4.78 is 51.7. The average Bonchev–Trinajstić information content (AvgIpc) is 2.53. The van der Waals surface area contributed by atoms with Crippen molar-refractivity contribution in [3.8, 4) is 0 Å². The molecule has 10 heteroatoms. The Bertz CT molecular complexity index is 849. The van der Waals surface area contributed by atoms with Crippen molar-refractivity contribution in [2.45, 2.75) is 23.6 Å². The third-order valence-electron chi connectivity index (χ3n) is 3.49. The summed E-state index contributed by atoms with van der Waals surface area (Å²) in [4.78, 5) is -0.172. The summed E-state index contributed by atoms with van der Waals surface area (Å²) in [5.41, 5.74) is 7.21. The first-order valence-electron chi connectivity index (χ1n) is 7.31. The third-order valence-corrected chi connectivity index (χ3v) is 7.84. The maximum atomic E-state index is 12.8. The van der Waals surface area contributed by atoms with Crippen molar-refractivity contribution in [2.24, 2.45) is 5.73 Å². The number of aryl methyl sites for hydroxylation is 2. The number of nitrogens with zero attached hydrogens (tertiary/aromatic N) is 1. The minimum Gasteiger partial charge on any atom is -1.00 e. The van der Waals surface area contributed by atoms with Crippen LogP contribution in [0.2, 0.25) is 0 Å². The van der Waals surface area contributed by atoms with E-state index in [2.05, 4.69) is 0 Å². The van der Waals surface area contributed by atoms with Crippen LogP contribution >= 0.6 is 0 Å². The fourth-order valence-corrected chi connectivity index (χ4v) is 5.80. The summed E-state index contributed by atoms with van der Waals surface area (Å²) in [6, 6.07) is 12.0. The maximum absolute atomic E-state index is 12.8. The number of rotatable bonds is 6. The maximum Gasteiger partial charge on any atom is 1.00 e. The van der Waals surface area contributed by atoms with Crippen LogP contribution in [-0.4, -0.2) is 33.6 Å². The Morgan fingerprint density at radius 1 is 0.769 bits per heavy atom. The Morgan fingerprint density at radius 2 is 1.08 bits per heavy atom. The van der Waals surface area contributed by atoms with Crippen molar-refractivity contribution in [3.63, 3.8) is 0 Å². The predicted molar refractivity (Wildman–Crippen MR) is 94.7 cm³/mol. The Balaban J connectivity index is -0.00000156. The average molecular weight is 416 g/mol. The van der Waals surface area contributed by atoms with E-state index >= 15 is 0 Å². The first-order chi connectivity index (χ1) is 11.2. The molecule has 2 rings (SSSR count). The molecule has 0 saturated carbocycles. The first-order valence-corrected chi connectivity index (χ1v) is 10.2. The quantitative estimate of drug-likeness (QED) is 0.483. The third kappa shape index (κ3) is 5.88. The van der Waals surface area contributed by atoms with Gasteiger partial charge in [-0.1, -0.05) is 39.1 Å². The molecule has 0 saturated heterocycles. The van der Waals surface area contributed by atoms with Gasteiger partial charge in [-0.05, 0) is 38.1 Å². The van der Waals surface area contributed by atoms with Crippen molar-refractivity contribution >= 4 is 20.0 Å². The van der Waals surface area contributed by atoms with E-state index < -0.39 is 20.0 Å². The van der Waals surface area contributed by atoms with Gasteiger partial charge in [0, 0.05) is 13.1 Å². The topological polar surface area (TPSA) is 97.5 Å². The molecular weight excluding hydrogens is 394 g/mol. The second-order valence-corrected chi connectivity index (χ2v) is 9.38. The molecule has 0 fully saturated rings. The fourth-order valence-electron chi connectivity index (χ4n) is 2.13. The van der Waals surface area contributed by atoms with Crippen molar-refractivity contribution < 1.29 is 78.8 Å². The van der Waals surface area contributed by atoms with Gasteiger partial charge in [-0.15, -0.1) is 0 Å². The van der Waals surface area contributed by atoms with Crippen LogP contribution in [0.25, 0.3) is 0 Å². The number of hydrogen-bond donors (Lipinski definition) is 1. The molecule has 2 aromatic carbocycles. The summed E-state index contributed by atoms with van der Waals surface area (Å²) >= 11 is 0. The van der Waals surface area contributed by atoms with Crippen LogP contribution < -0.4 is 64.8 Å². The van der Waals surface area contributed by atoms with Crippen molar-refractivity contribution in [1.29, 1.82) is 0 Å². The van der Waals surface area contributed by atoms with Crippen molar-refractivity contribution in [3.05, 3.63) is 59.7 Å². The van der Waals surface area contributed by atoms with Gasteiger partial charge < -0.3 is 8.59 Å². The van der Waals surface area contributed by atoms with E-state index in [9.17, 15) is 16.8 Å². The van der Waals surface area contributed by atoms with Crippen LogP contribution in [-0.2, 0) is 20.0 Å². The molecule has 0 atom stereocenters. The van der Waals surface area contributed by atoms with Gasteiger partial charge >= 0.3 is 59.1 Å². The molecule has 0 aliphatic carbocycles. The number of benzene rings is 2. The summed E-state index contributed by atoms with van der Waals surface area (Å²) in [6.07, 6.45) is 0. The summed E-state index contributed by atoms with van der Waals surface area (Å²) in [5, 5.41) is 0. The molecule has 0 amide bonds. The number of nitrogens with two attached hydrogens (primary N) is 1. The fraction of sp³-hybridized carbons (Fsp3) is 0.250. The summed E-state index contributed by atoms with van der Waals surface area (Å²) in [5.74, 6) is 0. The summed E-state index contributed by atoms with van der Waals surface area (Å²) in [6.45, 7) is 3.19. The van der Waals surface area contributed by atoms with Crippen LogP contribution in [0.5, 0.6) is 0 Å².